The molecule has 2 amide bonds. The summed E-state index contributed by atoms with van der Waals surface area (Å²) in [6.45, 7) is 2.21. The smallest absolute Gasteiger partial charge is 0.257 e. The van der Waals surface area contributed by atoms with Crippen molar-refractivity contribution in [3.05, 3.63) is 24.3 Å². The van der Waals surface area contributed by atoms with Gasteiger partial charge in [-0.15, -0.1) is 0 Å². The average Bonchev–Trinajstić information content (AvgIpc) is 2.91. The van der Waals surface area contributed by atoms with Gasteiger partial charge in [-0.3, -0.25) is 14.5 Å². The predicted molar refractivity (Wildman–Crippen MR) is 70.7 cm³/mol. The topological polar surface area (TPSA) is 63.4 Å². The number of hydrogen-bond donors (Lipinski definition) is 0. The van der Waals surface area contributed by atoms with Crippen LogP contribution in [-0.4, -0.2) is 33.5 Å². The number of carbonyl (C=O) groups excluding carboxylic acids is 2. The summed E-state index contributed by atoms with van der Waals surface area (Å²) in [5, 5.41) is 0.0193. The molecule has 1 aliphatic rings. The number of nitrogens with zero attached hydrogens (tertiary/aromatic N) is 2. The third kappa shape index (κ3) is 2.12. The van der Waals surface area contributed by atoms with E-state index in [0.717, 1.165) is 5.52 Å². The molecule has 0 N–H and O–H groups in total. The van der Waals surface area contributed by atoms with Crippen molar-refractivity contribution in [1.29, 1.82) is 0 Å². The van der Waals surface area contributed by atoms with Crippen molar-refractivity contribution < 1.29 is 14.0 Å². The number of likely N-dealkylation sites (tertiary alicyclic amines) is 1. The second-order valence-electron chi connectivity index (χ2n) is 4.23. The summed E-state index contributed by atoms with van der Waals surface area (Å²) < 4.78 is 5.55. The summed E-state index contributed by atoms with van der Waals surface area (Å²) >= 11 is 1.22. The molecule has 1 fully saturated rings. The van der Waals surface area contributed by atoms with E-state index in [1.165, 1.54) is 16.7 Å². The zero-order valence-electron chi connectivity index (χ0n) is 10.3. The molecule has 0 aliphatic carbocycles. The second kappa shape index (κ2) is 4.70. The molecule has 1 aromatic carbocycles. The lowest BCUT2D eigenvalue weighted by Gasteiger charge is -2.10. The molecule has 0 saturated carbocycles. The van der Waals surface area contributed by atoms with Crippen molar-refractivity contribution in [1.82, 2.24) is 9.88 Å². The van der Waals surface area contributed by atoms with Gasteiger partial charge in [0.05, 0.1) is 0 Å². The van der Waals surface area contributed by atoms with E-state index in [0.29, 0.717) is 17.4 Å². The molecule has 2 heterocycles. The van der Waals surface area contributed by atoms with E-state index in [4.69, 9.17) is 4.42 Å². The fourth-order valence-corrected chi connectivity index (χ4v) is 3.09. The highest BCUT2D eigenvalue weighted by molar-refractivity contribution is 8.00. The Kier molecular flexibility index (Phi) is 3.02. The maximum Gasteiger partial charge on any atom is 0.257 e. The monoisotopic (exact) mass is 276 g/mol. The second-order valence-corrected chi connectivity index (χ2v) is 5.39. The van der Waals surface area contributed by atoms with Gasteiger partial charge in [0, 0.05) is 13.0 Å². The summed E-state index contributed by atoms with van der Waals surface area (Å²) in [7, 11) is 0. The summed E-state index contributed by atoms with van der Waals surface area (Å²) in [5.41, 5.74) is 1.45. The number of oxazole rings is 1. The van der Waals surface area contributed by atoms with Crippen molar-refractivity contribution in [2.75, 3.05) is 6.54 Å². The standard InChI is InChI=1S/C13H12N2O3S/c1-2-15-11(16)7-10(12(15)17)19-13-14-8-5-3-4-6-9(8)18-13/h3-6,10H,2,7H2,1H3. The molecule has 0 bridgehead atoms. The molecule has 1 atom stereocenters. The molecule has 3 rings (SSSR count). The van der Waals surface area contributed by atoms with Gasteiger partial charge in [0.15, 0.2) is 5.58 Å². The lowest BCUT2D eigenvalue weighted by Crippen LogP contribution is -2.30. The van der Waals surface area contributed by atoms with Crippen LogP contribution in [0.4, 0.5) is 0 Å². The van der Waals surface area contributed by atoms with E-state index >= 15 is 0 Å². The number of thioether (sulfide) groups is 1. The van der Waals surface area contributed by atoms with E-state index in [1.54, 1.807) is 6.92 Å². The fraction of sp³-hybridized carbons (Fsp3) is 0.308. The van der Waals surface area contributed by atoms with E-state index in [1.807, 2.05) is 24.3 Å². The van der Waals surface area contributed by atoms with Crippen molar-refractivity contribution in [3.8, 4) is 0 Å². The van der Waals surface area contributed by atoms with Crippen molar-refractivity contribution in [2.45, 2.75) is 23.8 Å². The molecule has 0 spiro atoms. The Balaban J connectivity index is 1.82. The summed E-state index contributed by atoms with van der Waals surface area (Å²) in [6, 6.07) is 7.42. The number of rotatable bonds is 3. The molecule has 98 valence electrons. The Labute approximate surface area is 114 Å². The van der Waals surface area contributed by atoms with Gasteiger partial charge < -0.3 is 4.42 Å². The predicted octanol–water partition coefficient (Wildman–Crippen LogP) is 2.07. The summed E-state index contributed by atoms with van der Waals surface area (Å²) in [5.74, 6) is -0.277. The van der Waals surface area contributed by atoms with Gasteiger partial charge in [-0.2, -0.15) is 0 Å². The van der Waals surface area contributed by atoms with Crippen LogP contribution in [0.3, 0.4) is 0 Å². The van der Waals surface area contributed by atoms with Crippen LogP contribution >= 0.6 is 11.8 Å². The zero-order valence-corrected chi connectivity index (χ0v) is 11.1. The molecule has 19 heavy (non-hydrogen) atoms. The minimum Gasteiger partial charge on any atom is -0.431 e. The molecule has 5 nitrogen and oxygen atoms in total. The highest BCUT2D eigenvalue weighted by atomic mass is 32.2. The van der Waals surface area contributed by atoms with Crippen LogP contribution in [-0.2, 0) is 9.59 Å². The SMILES string of the molecule is CCN1C(=O)CC(Sc2nc3ccccc3o2)C1=O. The van der Waals surface area contributed by atoms with Crippen LogP contribution in [0.5, 0.6) is 0 Å². The Bertz CT molecular complexity index is 619. The fourth-order valence-electron chi connectivity index (χ4n) is 2.10. The largest absolute Gasteiger partial charge is 0.431 e. The number of fused-ring (bicyclic) bond motifs is 1. The Morgan fingerprint density at radius 1 is 1.42 bits per heavy atom. The Hall–Kier alpha value is -1.82. The number of benzene rings is 1. The summed E-state index contributed by atoms with van der Waals surface area (Å²) in [6.07, 6.45) is 0.218. The van der Waals surface area contributed by atoms with Crippen LogP contribution in [0, 0.1) is 0 Å². The molecule has 0 radical (unpaired) electrons. The van der Waals surface area contributed by atoms with Crippen LogP contribution < -0.4 is 0 Å². The molecule has 1 aromatic heterocycles. The van der Waals surface area contributed by atoms with Crippen LogP contribution in [0.15, 0.2) is 33.9 Å². The molecule has 1 saturated heterocycles. The first kappa shape index (κ1) is 12.2. The van der Waals surface area contributed by atoms with Gasteiger partial charge >= 0.3 is 0 Å². The van der Waals surface area contributed by atoms with Gasteiger partial charge in [-0.05, 0) is 19.1 Å². The average molecular weight is 276 g/mol. The maximum absolute atomic E-state index is 12.0. The van der Waals surface area contributed by atoms with E-state index in [-0.39, 0.29) is 18.2 Å². The van der Waals surface area contributed by atoms with Crippen molar-refractivity contribution in [2.24, 2.45) is 0 Å². The highest BCUT2D eigenvalue weighted by Gasteiger charge is 2.39. The van der Waals surface area contributed by atoms with E-state index < -0.39 is 5.25 Å². The molecule has 1 unspecified atom stereocenters. The first-order valence-electron chi connectivity index (χ1n) is 6.05. The van der Waals surface area contributed by atoms with Gasteiger partial charge in [0.25, 0.3) is 5.22 Å². The molecular weight excluding hydrogens is 264 g/mol. The number of para-hydroxylation sites is 2. The quantitative estimate of drug-likeness (QED) is 0.803. The minimum absolute atomic E-state index is 0.124. The number of hydrogen-bond acceptors (Lipinski definition) is 5. The maximum atomic E-state index is 12.0. The van der Waals surface area contributed by atoms with Crippen LogP contribution in [0.1, 0.15) is 13.3 Å². The first-order valence-corrected chi connectivity index (χ1v) is 6.93. The van der Waals surface area contributed by atoms with Crippen molar-refractivity contribution in [3.63, 3.8) is 0 Å². The Morgan fingerprint density at radius 3 is 2.89 bits per heavy atom. The van der Waals surface area contributed by atoms with Gasteiger partial charge in [0.2, 0.25) is 11.8 Å². The third-order valence-electron chi connectivity index (χ3n) is 3.04. The van der Waals surface area contributed by atoms with Gasteiger partial charge in [-0.25, -0.2) is 4.98 Å². The molecule has 2 aromatic rings. The normalized spacial score (nSPS) is 19.6. The zero-order chi connectivity index (χ0) is 13.4. The Morgan fingerprint density at radius 2 is 2.21 bits per heavy atom. The number of carbonyl (C=O) groups is 2. The number of amides is 2. The number of aromatic nitrogens is 1. The summed E-state index contributed by atoms with van der Waals surface area (Å²) in [4.78, 5) is 29.2. The highest BCUT2D eigenvalue weighted by Crippen LogP contribution is 2.32. The molecular formula is C13H12N2O3S. The van der Waals surface area contributed by atoms with E-state index in [9.17, 15) is 9.59 Å². The lowest BCUT2D eigenvalue weighted by molar-refractivity contribution is -0.137. The first-order chi connectivity index (χ1) is 9.19. The van der Waals surface area contributed by atoms with Crippen LogP contribution in [0.25, 0.3) is 11.1 Å². The van der Waals surface area contributed by atoms with Gasteiger partial charge in [-0.1, -0.05) is 23.9 Å². The molecule has 1 aliphatic heterocycles. The molecule has 6 heteroatoms. The lowest BCUT2D eigenvalue weighted by atomic mass is 10.3. The van der Waals surface area contributed by atoms with E-state index in [2.05, 4.69) is 4.98 Å². The van der Waals surface area contributed by atoms with Crippen molar-refractivity contribution >= 4 is 34.7 Å². The minimum atomic E-state index is -0.416. The van der Waals surface area contributed by atoms with Gasteiger partial charge in [0.1, 0.15) is 10.8 Å². The van der Waals surface area contributed by atoms with Crippen LogP contribution in [0.2, 0.25) is 0 Å². The third-order valence-corrected chi connectivity index (χ3v) is 4.07. The number of imide groups is 1.